The monoisotopic (exact) mass is 426 g/mol. The lowest BCUT2D eigenvalue weighted by Crippen LogP contribution is -1.99. The number of anilines is 1. The molecule has 4 nitrogen and oxygen atoms in total. The molecule has 4 aromatic rings. The maximum atomic E-state index is 6.34. The summed E-state index contributed by atoms with van der Waals surface area (Å²) in [5, 5.41) is 6.87. The van der Waals surface area contributed by atoms with Crippen molar-refractivity contribution in [3.05, 3.63) is 87.4 Å². The van der Waals surface area contributed by atoms with Gasteiger partial charge in [-0.05, 0) is 48.0 Å². The molecule has 0 bridgehead atoms. The number of nitrogens with zero attached hydrogens (tertiary/aromatic N) is 3. The average molecular weight is 428 g/mol. The first-order chi connectivity index (χ1) is 13.6. The summed E-state index contributed by atoms with van der Waals surface area (Å²) >= 11 is 18.3. The number of nitrogens with one attached hydrogen (secondary N) is 1. The zero-order valence-corrected chi connectivity index (χ0v) is 16.7. The first-order valence-electron chi connectivity index (χ1n) is 8.37. The highest BCUT2D eigenvalue weighted by atomic mass is 35.5. The Labute approximate surface area is 176 Å². The highest BCUT2D eigenvalue weighted by Crippen LogP contribution is 2.31. The summed E-state index contributed by atoms with van der Waals surface area (Å²) in [4.78, 5) is 9.25. The third-order valence-electron chi connectivity index (χ3n) is 4.03. The fourth-order valence-electron chi connectivity index (χ4n) is 2.67. The largest absolute Gasteiger partial charge is 0.261 e. The number of hydrogen-bond donors (Lipinski definition) is 1. The smallest absolute Gasteiger partial charge is 0.163 e. The molecule has 0 atom stereocenters. The fraction of sp³-hybridized carbons (Fsp3) is 0. The van der Waals surface area contributed by atoms with Crippen molar-refractivity contribution in [3.63, 3.8) is 0 Å². The van der Waals surface area contributed by atoms with Crippen LogP contribution in [0, 0.1) is 0 Å². The fourth-order valence-corrected chi connectivity index (χ4v) is 3.29. The SMILES string of the molecule is Clc1ccc(C=NNc2nc(-c3ccc(Cl)cc3Cl)nc3ccccc23)cc1. The number of para-hydroxylation sites is 1. The van der Waals surface area contributed by atoms with Gasteiger partial charge in [0.2, 0.25) is 0 Å². The van der Waals surface area contributed by atoms with Crippen molar-refractivity contribution in [3.8, 4) is 11.4 Å². The van der Waals surface area contributed by atoms with Crippen LogP contribution in [0.2, 0.25) is 15.1 Å². The van der Waals surface area contributed by atoms with E-state index < -0.39 is 0 Å². The summed E-state index contributed by atoms with van der Waals surface area (Å²) in [6.45, 7) is 0. The van der Waals surface area contributed by atoms with E-state index in [4.69, 9.17) is 34.8 Å². The van der Waals surface area contributed by atoms with E-state index in [9.17, 15) is 0 Å². The maximum absolute atomic E-state index is 6.34. The standard InChI is InChI=1S/C21H13Cl3N4/c22-14-7-5-13(6-8-14)12-25-28-21-17-3-1-2-4-19(17)26-20(27-21)16-10-9-15(23)11-18(16)24/h1-12H,(H,26,27,28). The minimum Gasteiger partial charge on any atom is -0.261 e. The van der Waals surface area contributed by atoms with Crippen LogP contribution < -0.4 is 5.43 Å². The number of fused-ring (bicyclic) bond motifs is 1. The summed E-state index contributed by atoms with van der Waals surface area (Å²) in [5.41, 5.74) is 5.40. The Morgan fingerprint density at radius 3 is 2.36 bits per heavy atom. The van der Waals surface area contributed by atoms with Crippen LogP contribution in [0.1, 0.15) is 5.56 Å². The van der Waals surface area contributed by atoms with E-state index in [0.717, 1.165) is 16.5 Å². The quantitative estimate of drug-likeness (QED) is 0.291. The molecule has 4 rings (SSSR count). The Balaban J connectivity index is 1.73. The highest BCUT2D eigenvalue weighted by Gasteiger charge is 2.12. The van der Waals surface area contributed by atoms with E-state index in [2.05, 4.69) is 20.5 Å². The molecule has 138 valence electrons. The van der Waals surface area contributed by atoms with Crippen molar-refractivity contribution in [1.29, 1.82) is 0 Å². The van der Waals surface area contributed by atoms with Crippen LogP contribution in [-0.4, -0.2) is 16.2 Å². The molecule has 0 saturated carbocycles. The van der Waals surface area contributed by atoms with Crippen LogP contribution in [0.15, 0.2) is 71.8 Å². The van der Waals surface area contributed by atoms with E-state index in [0.29, 0.717) is 32.3 Å². The minimum absolute atomic E-state index is 0.485. The molecular weight excluding hydrogens is 415 g/mol. The molecule has 0 radical (unpaired) electrons. The van der Waals surface area contributed by atoms with Crippen molar-refractivity contribution >= 4 is 57.7 Å². The minimum atomic E-state index is 0.485. The van der Waals surface area contributed by atoms with Gasteiger partial charge in [-0.3, -0.25) is 5.43 Å². The number of rotatable bonds is 4. The second-order valence-corrected chi connectivity index (χ2v) is 7.24. The number of hydrazone groups is 1. The summed E-state index contributed by atoms with van der Waals surface area (Å²) in [6, 6.07) is 20.3. The van der Waals surface area contributed by atoms with Gasteiger partial charge < -0.3 is 0 Å². The molecule has 0 fully saturated rings. The summed E-state index contributed by atoms with van der Waals surface area (Å²) < 4.78 is 0. The third-order valence-corrected chi connectivity index (χ3v) is 4.83. The van der Waals surface area contributed by atoms with Gasteiger partial charge in [-0.15, -0.1) is 0 Å². The Kier molecular flexibility index (Phi) is 5.44. The van der Waals surface area contributed by atoms with E-state index in [1.807, 2.05) is 48.5 Å². The molecule has 0 amide bonds. The first kappa shape index (κ1) is 18.7. The Morgan fingerprint density at radius 2 is 1.57 bits per heavy atom. The third kappa shape index (κ3) is 4.09. The number of aromatic nitrogens is 2. The molecule has 0 aliphatic carbocycles. The van der Waals surface area contributed by atoms with Crippen LogP contribution in [0.5, 0.6) is 0 Å². The molecule has 28 heavy (non-hydrogen) atoms. The van der Waals surface area contributed by atoms with E-state index in [-0.39, 0.29) is 0 Å². The van der Waals surface area contributed by atoms with Crippen LogP contribution in [0.3, 0.4) is 0 Å². The lowest BCUT2D eigenvalue weighted by atomic mass is 10.2. The van der Waals surface area contributed by atoms with Crippen molar-refractivity contribution in [1.82, 2.24) is 9.97 Å². The van der Waals surface area contributed by atoms with E-state index in [1.165, 1.54) is 0 Å². The van der Waals surface area contributed by atoms with Gasteiger partial charge in [0.15, 0.2) is 11.6 Å². The van der Waals surface area contributed by atoms with Crippen LogP contribution in [-0.2, 0) is 0 Å². The Morgan fingerprint density at radius 1 is 0.821 bits per heavy atom. The van der Waals surface area contributed by atoms with Gasteiger partial charge in [0.25, 0.3) is 0 Å². The molecule has 1 N–H and O–H groups in total. The van der Waals surface area contributed by atoms with Crippen molar-refractivity contribution in [2.45, 2.75) is 0 Å². The molecule has 0 saturated heterocycles. The molecule has 0 spiro atoms. The molecule has 7 heteroatoms. The van der Waals surface area contributed by atoms with Gasteiger partial charge >= 0.3 is 0 Å². The van der Waals surface area contributed by atoms with Gasteiger partial charge in [-0.25, -0.2) is 9.97 Å². The molecule has 0 unspecified atom stereocenters. The van der Waals surface area contributed by atoms with Crippen LogP contribution in [0.4, 0.5) is 5.82 Å². The molecule has 1 aromatic heterocycles. The molecule has 0 aliphatic rings. The van der Waals surface area contributed by atoms with Crippen LogP contribution in [0.25, 0.3) is 22.3 Å². The number of benzene rings is 3. The zero-order chi connectivity index (χ0) is 19.5. The average Bonchev–Trinajstić information content (AvgIpc) is 2.69. The summed E-state index contributed by atoms with van der Waals surface area (Å²) in [6.07, 6.45) is 1.70. The maximum Gasteiger partial charge on any atom is 0.163 e. The van der Waals surface area contributed by atoms with Crippen molar-refractivity contribution in [2.75, 3.05) is 5.43 Å². The summed E-state index contributed by atoms with van der Waals surface area (Å²) in [7, 11) is 0. The number of halogens is 3. The molecule has 3 aromatic carbocycles. The van der Waals surface area contributed by atoms with E-state index in [1.54, 1.807) is 24.4 Å². The lowest BCUT2D eigenvalue weighted by molar-refractivity contribution is 1.19. The van der Waals surface area contributed by atoms with E-state index >= 15 is 0 Å². The van der Waals surface area contributed by atoms with Crippen LogP contribution >= 0.6 is 34.8 Å². The lowest BCUT2D eigenvalue weighted by Gasteiger charge is -2.09. The Bertz CT molecular complexity index is 1170. The zero-order valence-electron chi connectivity index (χ0n) is 14.4. The second kappa shape index (κ2) is 8.15. The molecular formula is C21H13Cl3N4. The van der Waals surface area contributed by atoms with Gasteiger partial charge in [0, 0.05) is 21.0 Å². The second-order valence-electron chi connectivity index (χ2n) is 5.96. The molecule has 1 heterocycles. The normalized spacial score (nSPS) is 11.2. The number of hydrogen-bond acceptors (Lipinski definition) is 4. The van der Waals surface area contributed by atoms with Crippen molar-refractivity contribution in [2.24, 2.45) is 5.10 Å². The predicted molar refractivity (Wildman–Crippen MR) is 118 cm³/mol. The topological polar surface area (TPSA) is 50.2 Å². The van der Waals surface area contributed by atoms with Gasteiger partial charge in [0.05, 0.1) is 16.8 Å². The predicted octanol–water partition coefficient (Wildman–Crippen LogP) is 6.70. The van der Waals surface area contributed by atoms with Gasteiger partial charge in [-0.2, -0.15) is 5.10 Å². The first-order valence-corrected chi connectivity index (χ1v) is 9.50. The van der Waals surface area contributed by atoms with Gasteiger partial charge in [0.1, 0.15) is 0 Å². The highest BCUT2D eigenvalue weighted by molar-refractivity contribution is 6.36. The van der Waals surface area contributed by atoms with Crippen molar-refractivity contribution < 1.29 is 0 Å². The summed E-state index contributed by atoms with van der Waals surface area (Å²) in [5.74, 6) is 1.07. The Hall–Kier alpha value is -2.66. The van der Waals surface area contributed by atoms with Gasteiger partial charge in [-0.1, -0.05) is 59.1 Å². The molecule has 0 aliphatic heterocycles.